The lowest BCUT2D eigenvalue weighted by atomic mass is 10.1. The molecule has 0 aliphatic carbocycles. The number of benzene rings is 2. The van der Waals surface area contributed by atoms with Crippen molar-refractivity contribution < 1.29 is 9.53 Å². The third-order valence-corrected chi connectivity index (χ3v) is 4.61. The molecule has 0 aliphatic rings. The Morgan fingerprint density at radius 1 is 1.29 bits per heavy atom. The number of ether oxygens (including phenoxy) is 1. The van der Waals surface area contributed by atoms with Crippen molar-refractivity contribution in [1.82, 2.24) is 0 Å². The first-order chi connectivity index (χ1) is 10.1. The first-order valence-corrected chi connectivity index (χ1v) is 8.46. The van der Waals surface area contributed by atoms with Crippen LogP contribution in [0.1, 0.15) is 5.56 Å². The summed E-state index contributed by atoms with van der Waals surface area (Å²) >= 11 is 10.8. The van der Waals surface area contributed by atoms with Gasteiger partial charge in [0.15, 0.2) is 0 Å². The average Bonchev–Trinajstić information content (AvgIpc) is 2.45. The minimum Gasteiger partial charge on any atom is -0.496 e. The van der Waals surface area contributed by atoms with E-state index in [9.17, 15) is 4.79 Å². The number of ketones is 1. The predicted octanol–water partition coefficient (Wildman–Crippen LogP) is 5.02. The van der Waals surface area contributed by atoms with E-state index >= 15 is 0 Å². The van der Waals surface area contributed by atoms with Crippen LogP contribution in [0.5, 0.6) is 5.75 Å². The van der Waals surface area contributed by atoms with Gasteiger partial charge in [0.2, 0.25) is 0 Å². The zero-order chi connectivity index (χ0) is 15.2. The summed E-state index contributed by atoms with van der Waals surface area (Å²) in [5.74, 6) is 1.30. The largest absolute Gasteiger partial charge is 0.496 e. The molecule has 0 heterocycles. The van der Waals surface area contributed by atoms with Crippen LogP contribution >= 0.6 is 39.3 Å². The molecule has 0 radical (unpaired) electrons. The molecule has 0 bridgehead atoms. The molecule has 2 rings (SSSR count). The molecular formula is C16H14BrClO2S. The summed E-state index contributed by atoms with van der Waals surface area (Å²) in [5.41, 5.74) is 0.892. The van der Waals surface area contributed by atoms with Crippen LogP contribution in [0.2, 0.25) is 5.02 Å². The number of rotatable bonds is 6. The number of hydrogen-bond acceptors (Lipinski definition) is 3. The number of Topliss-reactive ketones (excluding diaryl/α,β-unsaturated/α-hetero) is 1. The Kier molecular flexibility index (Phi) is 6.15. The van der Waals surface area contributed by atoms with Gasteiger partial charge in [-0.3, -0.25) is 4.79 Å². The molecular weight excluding hydrogens is 372 g/mol. The van der Waals surface area contributed by atoms with Gasteiger partial charge in [0.1, 0.15) is 11.5 Å². The second-order valence-electron chi connectivity index (χ2n) is 4.42. The number of hydrogen-bond donors (Lipinski definition) is 0. The van der Waals surface area contributed by atoms with E-state index in [1.165, 1.54) is 11.8 Å². The van der Waals surface area contributed by atoms with Crippen molar-refractivity contribution >= 4 is 45.1 Å². The lowest BCUT2D eigenvalue weighted by Gasteiger charge is -2.08. The van der Waals surface area contributed by atoms with Gasteiger partial charge in [-0.25, -0.2) is 0 Å². The van der Waals surface area contributed by atoms with E-state index < -0.39 is 0 Å². The summed E-state index contributed by atoms with van der Waals surface area (Å²) in [5, 5.41) is 0.682. The van der Waals surface area contributed by atoms with Crippen molar-refractivity contribution in [2.24, 2.45) is 0 Å². The molecule has 0 aliphatic heterocycles. The number of thioether (sulfide) groups is 1. The number of halogens is 2. The fourth-order valence-corrected chi connectivity index (χ4v) is 3.35. The summed E-state index contributed by atoms with van der Waals surface area (Å²) in [6.07, 6.45) is 0.357. The normalized spacial score (nSPS) is 10.4. The summed E-state index contributed by atoms with van der Waals surface area (Å²) in [4.78, 5) is 13.1. The highest BCUT2D eigenvalue weighted by molar-refractivity contribution is 9.10. The van der Waals surface area contributed by atoms with E-state index in [4.69, 9.17) is 16.3 Å². The molecule has 0 saturated carbocycles. The zero-order valence-corrected chi connectivity index (χ0v) is 14.6. The van der Waals surface area contributed by atoms with Crippen molar-refractivity contribution in [3.63, 3.8) is 0 Å². The molecule has 0 amide bonds. The quantitative estimate of drug-likeness (QED) is 0.653. The van der Waals surface area contributed by atoms with E-state index in [-0.39, 0.29) is 5.78 Å². The van der Waals surface area contributed by atoms with Crippen molar-refractivity contribution in [3.05, 3.63) is 57.5 Å². The highest BCUT2D eigenvalue weighted by Gasteiger charge is 2.10. The maximum atomic E-state index is 12.1. The Balaban J connectivity index is 1.97. The molecule has 0 aromatic heterocycles. The smallest absolute Gasteiger partial charge is 0.147 e. The van der Waals surface area contributed by atoms with Gasteiger partial charge in [0, 0.05) is 26.4 Å². The van der Waals surface area contributed by atoms with Gasteiger partial charge < -0.3 is 4.74 Å². The molecule has 5 heteroatoms. The van der Waals surface area contributed by atoms with E-state index in [2.05, 4.69) is 15.9 Å². The molecule has 0 N–H and O–H groups in total. The van der Waals surface area contributed by atoms with Gasteiger partial charge in [-0.2, -0.15) is 0 Å². The van der Waals surface area contributed by atoms with Gasteiger partial charge in [-0.05, 0) is 36.4 Å². The Labute approximate surface area is 142 Å². The van der Waals surface area contributed by atoms with Gasteiger partial charge in [0.05, 0.1) is 12.9 Å². The van der Waals surface area contributed by atoms with E-state index in [1.54, 1.807) is 7.11 Å². The molecule has 2 aromatic carbocycles. The van der Waals surface area contributed by atoms with Crippen molar-refractivity contribution in [2.45, 2.75) is 11.3 Å². The topological polar surface area (TPSA) is 26.3 Å². The maximum Gasteiger partial charge on any atom is 0.147 e. The molecule has 0 unspecified atom stereocenters. The number of carbonyl (C=O) groups excluding carboxylic acids is 1. The minimum atomic E-state index is 0.149. The highest BCUT2D eigenvalue weighted by atomic mass is 79.9. The summed E-state index contributed by atoms with van der Waals surface area (Å²) in [6.45, 7) is 0. The molecule has 110 valence electrons. The fourth-order valence-electron chi connectivity index (χ4n) is 1.87. The predicted molar refractivity (Wildman–Crippen MR) is 91.6 cm³/mol. The van der Waals surface area contributed by atoms with Crippen LogP contribution in [0.4, 0.5) is 0 Å². The third kappa shape index (κ3) is 5.06. The standard InChI is InChI=1S/C16H14BrClO2S/c1-20-16-6-5-12(17)7-11(16)8-14(19)10-21-15-4-2-3-13(18)9-15/h2-7,9H,8,10H2,1H3. The van der Waals surface area contributed by atoms with Crippen LogP contribution in [0.3, 0.4) is 0 Å². The Morgan fingerprint density at radius 2 is 2.10 bits per heavy atom. The summed E-state index contributed by atoms with van der Waals surface area (Å²) < 4.78 is 6.22. The first-order valence-electron chi connectivity index (χ1n) is 6.31. The lowest BCUT2D eigenvalue weighted by Crippen LogP contribution is -2.07. The number of carbonyl (C=O) groups is 1. The summed E-state index contributed by atoms with van der Waals surface area (Å²) in [7, 11) is 1.61. The lowest BCUT2D eigenvalue weighted by molar-refractivity contribution is -0.116. The second-order valence-corrected chi connectivity index (χ2v) is 6.82. The molecule has 0 spiro atoms. The molecule has 2 nitrogen and oxygen atoms in total. The molecule has 0 fully saturated rings. The van der Waals surface area contributed by atoms with Crippen LogP contribution in [0.25, 0.3) is 0 Å². The van der Waals surface area contributed by atoms with Gasteiger partial charge in [-0.1, -0.05) is 33.6 Å². The highest BCUT2D eigenvalue weighted by Crippen LogP contribution is 2.25. The SMILES string of the molecule is COc1ccc(Br)cc1CC(=O)CSc1cccc(Cl)c1. The van der Waals surface area contributed by atoms with E-state index in [0.29, 0.717) is 17.2 Å². The third-order valence-electron chi connectivity index (χ3n) is 2.83. The number of methoxy groups -OCH3 is 1. The van der Waals surface area contributed by atoms with Crippen LogP contribution in [-0.4, -0.2) is 18.6 Å². The maximum absolute atomic E-state index is 12.1. The molecule has 21 heavy (non-hydrogen) atoms. The summed E-state index contributed by atoms with van der Waals surface area (Å²) in [6, 6.07) is 13.2. The van der Waals surface area contributed by atoms with Crippen LogP contribution in [0, 0.1) is 0 Å². The van der Waals surface area contributed by atoms with Crippen LogP contribution in [-0.2, 0) is 11.2 Å². The van der Waals surface area contributed by atoms with E-state index in [0.717, 1.165) is 20.7 Å². The van der Waals surface area contributed by atoms with Crippen molar-refractivity contribution in [2.75, 3.05) is 12.9 Å². The van der Waals surface area contributed by atoms with Crippen molar-refractivity contribution in [1.29, 1.82) is 0 Å². The van der Waals surface area contributed by atoms with Gasteiger partial charge >= 0.3 is 0 Å². The Bertz CT molecular complexity index is 646. The molecule has 2 aromatic rings. The van der Waals surface area contributed by atoms with Gasteiger partial charge in [-0.15, -0.1) is 11.8 Å². The zero-order valence-electron chi connectivity index (χ0n) is 11.4. The van der Waals surface area contributed by atoms with Crippen LogP contribution < -0.4 is 4.74 Å². The van der Waals surface area contributed by atoms with Gasteiger partial charge in [0.25, 0.3) is 0 Å². The monoisotopic (exact) mass is 384 g/mol. The first kappa shape index (κ1) is 16.4. The average molecular weight is 386 g/mol. The van der Waals surface area contributed by atoms with Crippen molar-refractivity contribution in [3.8, 4) is 5.75 Å². The molecule has 0 saturated heterocycles. The minimum absolute atomic E-state index is 0.149. The Morgan fingerprint density at radius 3 is 2.81 bits per heavy atom. The van der Waals surface area contributed by atoms with Crippen LogP contribution in [0.15, 0.2) is 51.8 Å². The Hall–Kier alpha value is -0.970. The van der Waals surface area contributed by atoms with E-state index in [1.807, 2.05) is 42.5 Å². The molecule has 0 atom stereocenters. The fraction of sp³-hybridized carbons (Fsp3) is 0.188. The second kappa shape index (κ2) is 7.87.